The van der Waals surface area contributed by atoms with Gasteiger partial charge in [0.05, 0.1) is 12.7 Å². The van der Waals surface area contributed by atoms with E-state index < -0.39 is 23.8 Å². The van der Waals surface area contributed by atoms with E-state index in [0.717, 1.165) is 5.52 Å². The molecule has 2 aromatic carbocycles. The molecule has 1 aromatic heterocycles. The molecule has 25 heavy (non-hydrogen) atoms. The van der Waals surface area contributed by atoms with Crippen molar-refractivity contribution in [3.63, 3.8) is 0 Å². The fraction of sp³-hybridized carbons (Fsp3) is 0.105. The lowest BCUT2D eigenvalue weighted by atomic mass is 10.1. The predicted molar refractivity (Wildman–Crippen MR) is 89.9 cm³/mol. The van der Waals surface area contributed by atoms with Gasteiger partial charge in [0.25, 0.3) is 5.78 Å². The Morgan fingerprint density at radius 1 is 0.960 bits per heavy atom. The van der Waals surface area contributed by atoms with E-state index in [1.807, 2.05) is 6.07 Å². The van der Waals surface area contributed by atoms with Crippen LogP contribution in [0.5, 0.6) is 0 Å². The first-order valence-electron chi connectivity index (χ1n) is 7.56. The summed E-state index contributed by atoms with van der Waals surface area (Å²) in [6.45, 7) is 0. The number of esters is 2. The highest BCUT2D eigenvalue weighted by molar-refractivity contribution is 6.43. The van der Waals surface area contributed by atoms with Crippen molar-refractivity contribution in [2.45, 2.75) is 6.10 Å². The van der Waals surface area contributed by atoms with Crippen LogP contribution in [0.25, 0.3) is 10.9 Å². The van der Waals surface area contributed by atoms with Crippen LogP contribution in [0.3, 0.4) is 0 Å². The van der Waals surface area contributed by atoms with Crippen molar-refractivity contribution >= 4 is 28.6 Å². The van der Waals surface area contributed by atoms with Gasteiger partial charge >= 0.3 is 11.9 Å². The molecule has 1 atom stereocenters. The van der Waals surface area contributed by atoms with E-state index >= 15 is 0 Å². The molecular weight excluding hydrogens is 322 g/mol. The predicted octanol–water partition coefficient (Wildman–Crippen LogP) is 2.81. The van der Waals surface area contributed by atoms with Gasteiger partial charge in [0.2, 0.25) is 6.10 Å². The number of methoxy groups -OCH3 is 1. The number of para-hydroxylation sites is 1. The number of fused-ring (bicyclic) bond motifs is 1. The van der Waals surface area contributed by atoms with Crippen LogP contribution in [0.15, 0.2) is 60.8 Å². The minimum Gasteiger partial charge on any atom is -0.466 e. The van der Waals surface area contributed by atoms with E-state index in [0.29, 0.717) is 10.9 Å². The maximum atomic E-state index is 12.5. The Hall–Kier alpha value is -3.41. The van der Waals surface area contributed by atoms with E-state index in [1.165, 1.54) is 13.3 Å². The molecule has 0 aliphatic heterocycles. The summed E-state index contributed by atoms with van der Waals surface area (Å²) in [5.41, 5.74) is 1.35. The Labute approximate surface area is 143 Å². The summed E-state index contributed by atoms with van der Waals surface area (Å²) < 4.78 is 9.82. The van der Waals surface area contributed by atoms with Gasteiger partial charge in [-0.15, -0.1) is 0 Å². The number of nitrogens with one attached hydrogen (secondary N) is 1. The van der Waals surface area contributed by atoms with Crippen molar-refractivity contribution in [3.8, 4) is 0 Å². The molecule has 1 heterocycles. The lowest BCUT2D eigenvalue weighted by Gasteiger charge is -2.15. The molecule has 0 saturated carbocycles. The first-order chi connectivity index (χ1) is 12.1. The lowest BCUT2D eigenvalue weighted by molar-refractivity contribution is -0.163. The average molecular weight is 337 g/mol. The van der Waals surface area contributed by atoms with Crippen LogP contribution >= 0.6 is 0 Å². The maximum Gasteiger partial charge on any atom is 0.380 e. The molecule has 6 nitrogen and oxygen atoms in total. The minimum absolute atomic E-state index is 0.192. The van der Waals surface area contributed by atoms with Crippen LogP contribution in [-0.4, -0.2) is 29.8 Å². The van der Waals surface area contributed by atoms with Crippen LogP contribution in [0, 0.1) is 0 Å². The number of hydrogen-bond acceptors (Lipinski definition) is 5. The molecule has 0 spiro atoms. The molecule has 1 unspecified atom stereocenters. The summed E-state index contributed by atoms with van der Waals surface area (Å²) in [4.78, 5) is 39.6. The maximum absolute atomic E-state index is 12.5. The van der Waals surface area contributed by atoms with Crippen molar-refractivity contribution in [1.82, 2.24) is 4.98 Å². The van der Waals surface area contributed by atoms with Crippen molar-refractivity contribution < 1.29 is 23.9 Å². The average Bonchev–Trinajstić information content (AvgIpc) is 3.09. The zero-order valence-corrected chi connectivity index (χ0v) is 13.4. The van der Waals surface area contributed by atoms with Crippen molar-refractivity contribution in [2.75, 3.05) is 7.11 Å². The summed E-state index contributed by atoms with van der Waals surface area (Å²) in [6.07, 6.45) is 0.150. The zero-order chi connectivity index (χ0) is 17.8. The number of ether oxygens (including phenoxy) is 2. The number of carbonyl (C=O) groups excluding carboxylic acids is 3. The van der Waals surface area contributed by atoms with Crippen LogP contribution < -0.4 is 0 Å². The highest BCUT2D eigenvalue weighted by atomic mass is 16.6. The zero-order valence-electron chi connectivity index (χ0n) is 13.4. The second kappa shape index (κ2) is 7.00. The second-order valence-electron chi connectivity index (χ2n) is 5.30. The van der Waals surface area contributed by atoms with Gasteiger partial charge in [-0.05, 0) is 6.07 Å². The Bertz CT molecular complexity index is 929. The van der Waals surface area contributed by atoms with Gasteiger partial charge in [-0.25, -0.2) is 9.59 Å². The van der Waals surface area contributed by atoms with Gasteiger partial charge < -0.3 is 14.5 Å². The topological polar surface area (TPSA) is 85.5 Å². The third kappa shape index (κ3) is 3.28. The molecular formula is C19H15NO5. The lowest BCUT2D eigenvalue weighted by Crippen LogP contribution is -2.25. The first-order valence-corrected chi connectivity index (χ1v) is 7.56. The standard InChI is InChI=1S/C19H15NO5/c1-24-19(23)17(12-7-3-2-4-8-12)25-18(22)16(21)14-11-20-15-10-6-5-9-13(14)15/h2-11,17,20H,1H3. The Morgan fingerprint density at radius 2 is 1.64 bits per heavy atom. The summed E-state index contributed by atoms with van der Waals surface area (Å²) in [7, 11) is 1.19. The molecule has 0 aliphatic carbocycles. The number of Topliss-reactive ketones (excluding diaryl/α,β-unsaturated/α-hetero) is 1. The molecule has 6 heteroatoms. The summed E-state index contributed by atoms with van der Waals surface area (Å²) in [5.74, 6) is -2.71. The summed E-state index contributed by atoms with van der Waals surface area (Å²) >= 11 is 0. The number of aromatic nitrogens is 1. The normalized spacial score (nSPS) is 11.7. The third-order valence-corrected chi connectivity index (χ3v) is 3.76. The molecule has 0 amide bonds. The van der Waals surface area contributed by atoms with Gasteiger partial charge in [0, 0.05) is 22.7 Å². The Kier molecular flexibility index (Phi) is 4.61. The molecule has 0 aliphatic rings. The van der Waals surface area contributed by atoms with Gasteiger partial charge in [-0.3, -0.25) is 4.79 Å². The number of rotatable bonds is 5. The van der Waals surface area contributed by atoms with Crippen LogP contribution in [0.1, 0.15) is 22.0 Å². The fourth-order valence-corrected chi connectivity index (χ4v) is 2.52. The summed E-state index contributed by atoms with van der Waals surface area (Å²) in [6, 6.07) is 15.5. The Balaban J connectivity index is 1.86. The molecule has 0 fully saturated rings. The molecule has 3 aromatic rings. The SMILES string of the molecule is COC(=O)C(OC(=O)C(=O)c1c[nH]c2ccccc12)c1ccccc1. The number of benzene rings is 2. The van der Waals surface area contributed by atoms with E-state index in [9.17, 15) is 14.4 Å². The van der Waals surface area contributed by atoms with Crippen LogP contribution in [-0.2, 0) is 19.1 Å². The van der Waals surface area contributed by atoms with Gasteiger partial charge in [-0.2, -0.15) is 0 Å². The largest absolute Gasteiger partial charge is 0.466 e. The number of hydrogen-bond donors (Lipinski definition) is 1. The van der Waals surface area contributed by atoms with Crippen molar-refractivity contribution in [1.29, 1.82) is 0 Å². The van der Waals surface area contributed by atoms with Crippen molar-refractivity contribution in [3.05, 3.63) is 71.9 Å². The van der Waals surface area contributed by atoms with E-state index in [1.54, 1.807) is 48.5 Å². The molecule has 126 valence electrons. The number of H-pyrrole nitrogens is 1. The molecule has 0 radical (unpaired) electrons. The highest BCUT2D eigenvalue weighted by Gasteiger charge is 2.30. The molecule has 0 saturated heterocycles. The number of ketones is 1. The molecule has 1 N–H and O–H groups in total. The van der Waals surface area contributed by atoms with Crippen molar-refractivity contribution in [2.24, 2.45) is 0 Å². The van der Waals surface area contributed by atoms with Gasteiger partial charge in [-0.1, -0.05) is 48.5 Å². The molecule has 3 rings (SSSR count). The Morgan fingerprint density at radius 3 is 2.36 bits per heavy atom. The first kappa shape index (κ1) is 16.4. The third-order valence-electron chi connectivity index (χ3n) is 3.76. The number of aromatic amines is 1. The van der Waals surface area contributed by atoms with E-state index in [2.05, 4.69) is 9.72 Å². The van der Waals surface area contributed by atoms with E-state index in [4.69, 9.17) is 4.74 Å². The van der Waals surface area contributed by atoms with Gasteiger partial charge in [0.1, 0.15) is 0 Å². The smallest absolute Gasteiger partial charge is 0.380 e. The van der Waals surface area contributed by atoms with Gasteiger partial charge in [0.15, 0.2) is 0 Å². The van der Waals surface area contributed by atoms with Crippen LogP contribution in [0.4, 0.5) is 0 Å². The van der Waals surface area contributed by atoms with Crippen LogP contribution in [0.2, 0.25) is 0 Å². The quantitative estimate of drug-likeness (QED) is 0.439. The fourth-order valence-electron chi connectivity index (χ4n) is 2.52. The monoisotopic (exact) mass is 337 g/mol. The summed E-state index contributed by atoms with van der Waals surface area (Å²) in [5, 5.41) is 0.610. The molecule has 0 bridgehead atoms. The minimum atomic E-state index is -1.30. The van der Waals surface area contributed by atoms with E-state index in [-0.39, 0.29) is 5.56 Å². The highest BCUT2D eigenvalue weighted by Crippen LogP contribution is 2.22. The second-order valence-corrected chi connectivity index (χ2v) is 5.30. The number of carbonyl (C=O) groups is 3.